The molecule has 0 unspecified atom stereocenters. The summed E-state index contributed by atoms with van der Waals surface area (Å²) in [5.74, 6) is -3.09. The number of sulfone groups is 1. The lowest BCUT2D eigenvalue weighted by molar-refractivity contribution is 0.357. The van der Waals surface area contributed by atoms with Crippen molar-refractivity contribution in [2.75, 3.05) is 0 Å². The molecule has 0 spiro atoms. The Kier molecular flexibility index (Phi) is 8.43. The Morgan fingerprint density at radius 2 is 1.65 bits per heavy atom. The van der Waals surface area contributed by atoms with Crippen molar-refractivity contribution in [2.45, 2.75) is 62.3 Å². The summed E-state index contributed by atoms with van der Waals surface area (Å²) in [6.45, 7) is 5.15. The highest BCUT2D eigenvalue weighted by Gasteiger charge is 2.32. The van der Waals surface area contributed by atoms with E-state index in [1.807, 2.05) is 6.92 Å². The Morgan fingerprint density at radius 3 is 2.25 bits per heavy atom. The number of aromatic hydroxyl groups is 1. The fraction of sp³-hybridized carbons (Fsp3) is 0.276. The van der Waals surface area contributed by atoms with E-state index in [2.05, 4.69) is 9.97 Å². The molecule has 0 aliphatic carbocycles. The summed E-state index contributed by atoms with van der Waals surface area (Å²) in [5, 5.41) is 11.4. The van der Waals surface area contributed by atoms with Crippen molar-refractivity contribution >= 4 is 9.84 Å². The van der Waals surface area contributed by atoms with Crippen LogP contribution in [0.5, 0.6) is 5.88 Å². The first-order valence-corrected chi connectivity index (χ1v) is 14.2. The van der Waals surface area contributed by atoms with Crippen LogP contribution in [0.15, 0.2) is 69.3 Å². The number of benzene rings is 2. The van der Waals surface area contributed by atoms with Gasteiger partial charge in [0.1, 0.15) is 17.5 Å². The van der Waals surface area contributed by atoms with Gasteiger partial charge in [-0.05, 0) is 66.8 Å². The predicted molar refractivity (Wildman–Crippen MR) is 143 cm³/mol. The molecule has 11 heteroatoms. The summed E-state index contributed by atoms with van der Waals surface area (Å²) in [7, 11) is -4.60. The number of rotatable bonds is 9. The van der Waals surface area contributed by atoms with Crippen molar-refractivity contribution in [3.05, 3.63) is 99.6 Å². The Morgan fingerprint density at radius 1 is 1.00 bits per heavy atom. The third-order valence-electron chi connectivity index (χ3n) is 6.74. The largest absolute Gasteiger partial charge is 0.493 e. The Balaban J connectivity index is 1.88. The molecule has 0 saturated carbocycles. The quantitative estimate of drug-likeness (QED) is 0.251. The number of pyridine rings is 1. The average Bonchev–Trinajstić information content (AvgIpc) is 2.90. The van der Waals surface area contributed by atoms with E-state index in [1.54, 1.807) is 19.9 Å². The van der Waals surface area contributed by atoms with E-state index in [0.29, 0.717) is 23.6 Å². The lowest BCUT2D eigenvalue weighted by Crippen LogP contribution is -2.27. The zero-order valence-corrected chi connectivity index (χ0v) is 23.0. The van der Waals surface area contributed by atoms with Gasteiger partial charge in [-0.1, -0.05) is 32.4 Å². The minimum absolute atomic E-state index is 0.102. The number of unbranched alkanes of at least 4 members (excludes halogenated alkanes) is 1. The monoisotopic (exact) mass is 571 g/mol. The molecular weight excluding hydrogens is 543 g/mol. The number of halogens is 3. The van der Waals surface area contributed by atoms with E-state index in [0.717, 1.165) is 18.6 Å². The number of aromatic nitrogens is 3. The normalized spacial score (nSPS) is 12.4. The van der Waals surface area contributed by atoms with Crippen molar-refractivity contribution in [3.63, 3.8) is 0 Å². The van der Waals surface area contributed by atoms with Crippen molar-refractivity contribution in [1.29, 1.82) is 0 Å². The van der Waals surface area contributed by atoms with Crippen molar-refractivity contribution in [3.8, 4) is 17.0 Å². The molecule has 2 aromatic heterocycles. The molecule has 0 fully saturated rings. The minimum Gasteiger partial charge on any atom is -0.493 e. The summed E-state index contributed by atoms with van der Waals surface area (Å²) in [5.41, 5.74) is 0.315. The van der Waals surface area contributed by atoms with Crippen LogP contribution in [0.4, 0.5) is 13.2 Å². The van der Waals surface area contributed by atoms with Crippen LogP contribution in [0.1, 0.15) is 56.1 Å². The van der Waals surface area contributed by atoms with Crippen LogP contribution in [0.25, 0.3) is 11.1 Å². The van der Waals surface area contributed by atoms with Gasteiger partial charge in [-0.25, -0.2) is 22.2 Å². The summed E-state index contributed by atoms with van der Waals surface area (Å²) in [6, 6.07) is 8.97. The second-order valence-corrected chi connectivity index (χ2v) is 11.3. The summed E-state index contributed by atoms with van der Waals surface area (Å²) in [4.78, 5) is 19.5. The Bertz CT molecular complexity index is 1700. The Labute approximate surface area is 229 Å². The maximum atomic E-state index is 14.1. The molecule has 7 nitrogen and oxygen atoms in total. The van der Waals surface area contributed by atoms with Gasteiger partial charge in [0, 0.05) is 24.2 Å². The molecular formula is C29H28F3N3O4S. The zero-order chi connectivity index (χ0) is 29.2. The van der Waals surface area contributed by atoms with Gasteiger partial charge < -0.3 is 5.11 Å². The van der Waals surface area contributed by atoms with E-state index < -0.39 is 49.8 Å². The smallest absolute Gasteiger partial charge is 0.296 e. The maximum Gasteiger partial charge on any atom is 0.296 e. The van der Waals surface area contributed by atoms with Crippen LogP contribution >= 0.6 is 0 Å². The summed E-state index contributed by atoms with van der Waals surface area (Å²) < 4.78 is 70.7. The molecule has 1 N–H and O–H groups in total. The molecule has 2 heterocycles. The maximum absolute atomic E-state index is 14.1. The number of hydrogen-bond donors (Lipinski definition) is 1. The topological polar surface area (TPSA) is 102 Å². The predicted octanol–water partition coefficient (Wildman–Crippen LogP) is 5.91. The fourth-order valence-corrected chi connectivity index (χ4v) is 6.06. The number of hydrogen-bond acceptors (Lipinski definition) is 6. The van der Waals surface area contributed by atoms with Gasteiger partial charge in [-0.2, -0.15) is 9.37 Å². The lowest BCUT2D eigenvalue weighted by Gasteiger charge is -2.25. The van der Waals surface area contributed by atoms with E-state index in [9.17, 15) is 31.5 Å². The van der Waals surface area contributed by atoms with Crippen molar-refractivity contribution < 1.29 is 26.7 Å². The highest BCUT2D eigenvalue weighted by Crippen LogP contribution is 2.34. The molecule has 4 aromatic rings. The summed E-state index contributed by atoms with van der Waals surface area (Å²) in [6.07, 6.45) is 3.02. The number of aryl methyl sites for hydroxylation is 1. The highest BCUT2D eigenvalue weighted by molar-refractivity contribution is 7.91. The molecule has 0 amide bonds. The second-order valence-electron chi connectivity index (χ2n) is 9.39. The lowest BCUT2D eigenvalue weighted by atomic mass is 10.0. The molecule has 0 aliphatic heterocycles. The third kappa shape index (κ3) is 5.51. The van der Waals surface area contributed by atoms with Crippen LogP contribution in [-0.2, 0) is 16.3 Å². The van der Waals surface area contributed by atoms with Gasteiger partial charge in [0.15, 0.2) is 4.90 Å². The van der Waals surface area contributed by atoms with E-state index in [1.165, 1.54) is 35.0 Å². The van der Waals surface area contributed by atoms with Crippen LogP contribution in [0.2, 0.25) is 0 Å². The molecule has 210 valence electrons. The molecule has 40 heavy (non-hydrogen) atoms. The van der Waals surface area contributed by atoms with Crippen LogP contribution in [-0.4, -0.2) is 28.1 Å². The van der Waals surface area contributed by atoms with Gasteiger partial charge in [0.25, 0.3) is 5.56 Å². The first-order valence-electron chi connectivity index (χ1n) is 12.8. The molecule has 1 atom stereocenters. The average molecular weight is 572 g/mol. The van der Waals surface area contributed by atoms with Crippen molar-refractivity contribution in [1.82, 2.24) is 14.5 Å². The van der Waals surface area contributed by atoms with Gasteiger partial charge in [0.05, 0.1) is 10.9 Å². The van der Waals surface area contributed by atoms with Gasteiger partial charge >= 0.3 is 0 Å². The van der Waals surface area contributed by atoms with Crippen LogP contribution in [0, 0.1) is 24.5 Å². The first kappa shape index (κ1) is 29.0. The van der Waals surface area contributed by atoms with E-state index in [4.69, 9.17) is 0 Å². The zero-order valence-electron chi connectivity index (χ0n) is 22.2. The van der Waals surface area contributed by atoms with Crippen LogP contribution in [0.3, 0.4) is 0 Å². The van der Waals surface area contributed by atoms with Gasteiger partial charge in [0.2, 0.25) is 21.7 Å². The fourth-order valence-electron chi connectivity index (χ4n) is 4.71. The summed E-state index contributed by atoms with van der Waals surface area (Å²) >= 11 is 0. The standard InChI is InChI=1S/C29H28F3N3O4S/c1-4-6-7-25-34-28(36)26(29(37)35(25)24(5-2)19-14-20(30)16-21(31)15-19)40(38,39)22-10-8-18(9-11-22)23-12-13-33-27(32)17(23)3/h8-16,24,37H,4-7H2,1-3H3/t24-/m0/s1. The van der Waals surface area contributed by atoms with Crippen LogP contribution < -0.4 is 5.56 Å². The van der Waals surface area contributed by atoms with E-state index >= 15 is 0 Å². The minimum atomic E-state index is -4.60. The molecule has 2 aromatic carbocycles. The second kappa shape index (κ2) is 11.6. The molecule has 4 rings (SSSR count). The number of nitrogens with zero attached hydrogens (tertiary/aromatic N) is 3. The van der Waals surface area contributed by atoms with E-state index in [-0.39, 0.29) is 34.7 Å². The SMILES string of the molecule is CCCCc1nc(=O)c(S(=O)(=O)c2ccc(-c3ccnc(F)c3C)cc2)c(O)n1[C@@H](CC)c1cc(F)cc(F)c1. The van der Waals surface area contributed by atoms with Crippen molar-refractivity contribution in [2.24, 2.45) is 0 Å². The first-order chi connectivity index (χ1) is 19.0. The third-order valence-corrected chi connectivity index (χ3v) is 8.53. The Hall–Kier alpha value is -3.99. The van der Waals surface area contributed by atoms with Gasteiger partial charge in [-0.15, -0.1) is 0 Å². The molecule has 0 bridgehead atoms. The van der Waals surface area contributed by atoms with Gasteiger partial charge in [-0.3, -0.25) is 9.36 Å². The molecule has 0 saturated heterocycles. The highest BCUT2D eigenvalue weighted by atomic mass is 32.2. The molecule has 0 radical (unpaired) electrons. The molecule has 0 aliphatic rings.